The van der Waals surface area contributed by atoms with Crippen LogP contribution in [0.4, 0.5) is 0 Å². The van der Waals surface area contributed by atoms with Gasteiger partial charge in [-0.1, -0.05) is 38.7 Å². The molecule has 2 aliphatic rings. The van der Waals surface area contributed by atoms with Crippen LogP contribution in [0.1, 0.15) is 44.9 Å². The van der Waals surface area contributed by atoms with E-state index in [1.807, 2.05) is 6.20 Å². The van der Waals surface area contributed by atoms with Gasteiger partial charge in [-0.2, -0.15) is 0 Å². The summed E-state index contributed by atoms with van der Waals surface area (Å²) in [6.07, 6.45) is 12.1. The SMILES string of the molecule is C=C=CN1CCN(C2CCCCCCC2)CC1. The van der Waals surface area contributed by atoms with Gasteiger partial charge in [-0.25, -0.2) is 0 Å². The molecule has 0 atom stereocenters. The first kappa shape index (κ1) is 12.7. The Morgan fingerprint density at radius 3 is 2.06 bits per heavy atom. The van der Waals surface area contributed by atoms with Gasteiger partial charge in [-0.05, 0) is 12.8 Å². The lowest BCUT2D eigenvalue weighted by atomic mass is 9.95. The molecule has 0 unspecified atom stereocenters. The summed E-state index contributed by atoms with van der Waals surface area (Å²) in [6, 6.07) is 0.866. The molecule has 1 aliphatic carbocycles. The van der Waals surface area contributed by atoms with E-state index in [4.69, 9.17) is 0 Å². The van der Waals surface area contributed by atoms with Crippen molar-refractivity contribution in [1.82, 2.24) is 9.80 Å². The Morgan fingerprint density at radius 2 is 1.47 bits per heavy atom. The van der Waals surface area contributed by atoms with E-state index >= 15 is 0 Å². The number of hydrogen-bond acceptors (Lipinski definition) is 2. The second-order valence-corrected chi connectivity index (χ2v) is 5.40. The van der Waals surface area contributed by atoms with Gasteiger partial charge in [0, 0.05) is 38.4 Å². The average Bonchev–Trinajstić information content (AvgIpc) is 2.30. The minimum absolute atomic E-state index is 0.866. The van der Waals surface area contributed by atoms with Crippen molar-refractivity contribution in [2.24, 2.45) is 0 Å². The van der Waals surface area contributed by atoms with Crippen molar-refractivity contribution < 1.29 is 0 Å². The number of hydrogen-bond donors (Lipinski definition) is 0. The van der Waals surface area contributed by atoms with Crippen LogP contribution in [-0.4, -0.2) is 42.0 Å². The van der Waals surface area contributed by atoms with Crippen LogP contribution in [0.2, 0.25) is 0 Å². The monoisotopic (exact) mass is 234 g/mol. The maximum absolute atomic E-state index is 3.65. The Kier molecular flexibility index (Phi) is 5.15. The predicted molar refractivity (Wildman–Crippen MR) is 73.0 cm³/mol. The largest absolute Gasteiger partial charge is 0.369 e. The molecule has 17 heavy (non-hydrogen) atoms. The zero-order chi connectivity index (χ0) is 11.9. The second kappa shape index (κ2) is 6.88. The van der Waals surface area contributed by atoms with Crippen LogP contribution in [0.3, 0.4) is 0 Å². The van der Waals surface area contributed by atoms with Gasteiger partial charge in [0.05, 0.1) is 0 Å². The lowest BCUT2D eigenvalue weighted by Crippen LogP contribution is -2.48. The van der Waals surface area contributed by atoms with Gasteiger partial charge in [0.2, 0.25) is 0 Å². The Bertz CT molecular complexity index is 252. The molecule has 0 aromatic rings. The minimum atomic E-state index is 0.866. The lowest BCUT2D eigenvalue weighted by molar-refractivity contribution is 0.106. The average molecular weight is 234 g/mol. The summed E-state index contributed by atoms with van der Waals surface area (Å²) in [5.74, 6) is 0. The molecule has 2 nitrogen and oxygen atoms in total. The maximum atomic E-state index is 3.65. The number of rotatable bonds is 2. The van der Waals surface area contributed by atoms with Crippen molar-refractivity contribution in [2.75, 3.05) is 26.2 Å². The highest BCUT2D eigenvalue weighted by atomic mass is 15.3. The number of piperazine rings is 1. The van der Waals surface area contributed by atoms with Gasteiger partial charge in [0.15, 0.2) is 0 Å². The molecule has 1 saturated heterocycles. The topological polar surface area (TPSA) is 6.48 Å². The van der Waals surface area contributed by atoms with E-state index in [0.29, 0.717) is 0 Å². The first-order chi connectivity index (χ1) is 8.40. The normalized spacial score (nSPS) is 24.8. The zero-order valence-electron chi connectivity index (χ0n) is 11.0. The van der Waals surface area contributed by atoms with Crippen LogP contribution >= 0.6 is 0 Å². The highest BCUT2D eigenvalue weighted by Gasteiger charge is 2.22. The molecule has 2 heteroatoms. The first-order valence-electron chi connectivity index (χ1n) is 7.24. The molecule has 0 N–H and O–H groups in total. The van der Waals surface area contributed by atoms with E-state index in [2.05, 4.69) is 22.1 Å². The third kappa shape index (κ3) is 3.90. The summed E-state index contributed by atoms with van der Waals surface area (Å²) in [5, 5.41) is 0. The summed E-state index contributed by atoms with van der Waals surface area (Å²) < 4.78 is 0. The first-order valence-corrected chi connectivity index (χ1v) is 7.24. The Labute approximate surface area is 106 Å². The van der Waals surface area contributed by atoms with E-state index in [9.17, 15) is 0 Å². The molecule has 0 radical (unpaired) electrons. The smallest absolute Gasteiger partial charge is 0.0418 e. The van der Waals surface area contributed by atoms with Crippen molar-refractivity contribution in [1.29, 1.82) is 0 Å². The molecule has 1 aliphatic heterocycles. The third-order valence-corrected chi connectivity index (χ3v) is 4.21. The van der Waals surface area contributed by atoms with E-state index in [1.54, 1.807) is 0 Å². The fourth-order valence-electron chi connectivity index (χ4n) is 3.16. The van der Waals surface area contributed by atoms with Crippen LogP contribution in [0.25, 0.3) is 0 Å². The minimum Gasteiger partial charge on any atom is -0.369 e. The summed E-state index contributed by atoms with van der Waals surface area (Å²) >= 11 is 0. The molecule has 2 rings (SSSR count). The van der Waals surface area contributed by atoms with Crippen molar-refractivity contribution in [3.63, 3.8) is 0 Å². The number of nitrogens with zero attached hydrogens (tertiary/aromatic N) is 2. The van der Waals surface area contributed by atoms with E-state index in [0.717, 1.165) is 19.1 Å². The predicted octanol–water partition coefficient (Wildman–Crippen LogP) is 3.02. The fourth-order valence-corrected chi connectivity index (χ4v) is 3.16. The lowest BCUT2D eigenvalue weighted by Gasteiger charge is -2.39. The fraction of sp³-hybridized carbons (Fsp3) is 0.800. The van der Waals surface area contributed by atoms with Crippen LogP contribution in [-0.2, 0) is 0 Å². The molecule has 0 bridgehead atoms. The summed E-state index contributed by atoms with van der Waals surface area (Å²) in [5.41, 5.74) is 2.88. The van der Waals surface area contributed by atoms with E-state index in [-0.39, 0.29) is 0 Å². The van der Waals surface area contributed by atoms with Crippen molar-refractivity contribution in [3.05, 3.63) is 18.5 Å². The molecule has 1 heterocycles. The van der Waals surface area contributed by atoms with Gasteiger partial charge in [0.1, 0.15) is 0 Å². The molecule has 0 aromatic carbocycles. The third-order valence-electron chi connectivity index (χ3n) is 4.21. The van der Waals surface area contributed by atoms with Crippen molar-refractivity contribution in [3.8, 4) is 0 Å². The van der Waals surface area contributed by atoms with Gasteiger partial charge < -0.3 is 4.90 Å². The van der Waals surface area contributed by atoms with E-state index < -0.39 is 0 Å². The van der Waals surface area contributed by atoms with Crippen molar-refractivity contribution >= 4 is 0 Å². The van der Waals surface area contributed by atoms with E-state index in [1.165, 1.54) is 58.0 Å². The molecule has 1 saturated carbocycles. The Morgan fingerprint density at radius 1 is 0.882 bits per heavy atom. The summed E-state index contributed by atoms with van der Waals surface area (Å²) in [7, 11) is 0. The van der Waals surface area contributed by atoms with Crippen LogP contribution < -0.4 is 0 Å². The van der Waals surface area contributed by atoms with Gasteiger partial charge in [-0.3, -0.25) is 4.90 Å². The van der Waals surface area contributed by atoms with Crippen LogP contribution in [0.5, 0.6) is 0 Å². The molecule has 0 amide bonds. The van der Waals surface area contributed by atoms with Gasteiger partial charge in [-0.15, -0.1) is 5.73 Å². The molecule has 96 valence electrons. The molecular formula is C15H26N2. The summed E-state index contributed by atoms with van der Waals surface area (Å²) in [6.45, 7) is 8.40. The van der Waals surface area contributed by atoms with Crippen LogP contribution in [0, 0.1) is 0 Å². The van der Waals surface area contributed by atoms with Crippen LogP contribution in [0.15, 0.2) is 18.5 Å². The van der Waals surface area contributed by atoms with Gasteiger partial charge >= 0.3 is 0 Å². The Hall–Kier alpha value is -0.720. The van der Waals surface area contributed by atoms with Crippen molar-refractivity contribution in [2.45, 2.75) is 51.0 Å². The quantitative estimate of drug-likeness (QED) is 0.678. The highest BCUT2D eigenvalue weighted by Crippen LogP contribution is 2.22. The summed E-state index contributed by atoms with van der Waals surface area (Å²) in [4.78, 5) is 5.06. The standard InChI is InChI=1S/C15H26N2/c1-2-10-16-11-13-17(14-12-16)15-8-6-4-3-5-7-9-15/h10,15H,1,3-9,11-14H2. The molecular weight excluding hydrogens is 208 g/mol. The second-order valence-electron chi connectivity index (χ2n) is 5.40. The zero-order valence-corrected chi connectivity index (χ0v) is 11.0. The highest BCUT2D eigenvalue weighted by molar-refractivity contribution is 4.85. The molecule has 0 spiro atoms. The molecule has 2 fully saturated rings. The Balaban J connectivity index is 1.79. The van der Waals surface area contributed by atoms with Gasteiger partial charge in [0.25, 0.3) is 0 Å². The maximum Gasteiger partial charge on any atom is 0.0418 e. The molecule has 0 aromatic heterocycles.